The van der Waals surface area contributed by atoms with Crippen molar-refractivity contribution in [1.29, 1.82) is 0 Å². The van der Waals surface area contributed by atoms with E-state index in [0.29, 0.717) is 6.54 Å². The number of benzene rings is 1. The SMILES string of the molecule is [N-]=[N+]=NCc1ccc(S)cc1. The molecule has 1 aromatic carbocycles. The van der Waals surface area contributed by atoms with Crippen molar-refractivity contribution < 1.29 is 0 Å². The van der Waals surface area contributed by atoms with Gasteiger partial charge < -0.3 is 0 Å². The van der Waals surface area contributed by atoms with E-state index in [1.54, 1.807) is 0 Å². The zero-order chi connectivity index (χ0) is 8.10. The van der Waals surface area contributed by atoms with Gasteiger partial charge in [0.1, 0.15) is 0 Å². The molecule has 0 atom stereocenters. The average molecular weight is 165 g/mol. The van der Waals surface area contributed by atoms with Gasteiger partial charge in [0.25, 0.3) is 0 Å². The molecule has 1 aromatic rings. The molecule has 1 rings (SSSR count). The van der Waals surface area contributed by atoms with Crippen LogP contribution < -0.4 is 0 Å². The normalized spacial score (nSPS) is 8.82. The van der Waals surface area contributed by atoms with Gasteiger partial charge in [-0.25, -0.2) is 0 Å². The lowest BCUT2D eigenvalue weighted by molar-refractivity contribution is 1.04. The lowest BCUT2D eigenvalue weighted by Crippen LogP contribution is -1.77. The van der Waals surface area contributed by atoms with Crippen molar-refractivity contribution in [1.82, 2.24) is 0 Å². The molecule has 0 radical (unpaired) electrons. The second-order valence-electron chi connectivity index (χ2n) is 2.06. The summed E-state index contributed by atoms with van der Waals surface area (Å²) in [6, 6.07) is 7.50. The Hall–Kier alpha value is -1.12. The molecule has 0 heterocycles. The fourth-order valence-electron chi connectivity index (χ4n) is 0.715. The molecule has 3 nitrogen and oxygen atoms in total. The summed E-state index contributed by atoms with van der Waals surface area (Å²) in [5, 5.41) is 3.43. The van der Waals surface area contributed by atoms with E-state index in [1.807, 2.05) is 24.3 Å². The zero-order valence-electron chi connectivity index (χ0n) is 5.81. The Bertz CT molecular complexity index is 274. The van der Waals surface area contributed by atoms with Crippen LogP contribution in [-0.2, 0) is 6.54 Å². The first kappa shape index (κ1) is 7.98. The highest BCUT2D eigenvalue weighted by atomic mass is 32.1. The summed E-state index contributed by atoms with van der Waals surface area (Å²) in [5.41, 5.74) is 9.03. The van der Waals surface area contributed by atoms with E-state index >= 15 is 0 Å². The molecule has 0 spiro atoms. The van der Waals surface area contributed by atoms with Gasteiger partial charge in [-0.2, -0.15) is 0 Å². The summed E-state index contributed by atoms with van der Waals surface area (Å²) in [4.78, 5) is 3.57. The van der Waals surface area contributed by atoms with Crippen molar-refractivity contribution in [2.24, 2.45) is 5.11 Å². The Morgan fingerprint density at radius 1 is 1.36 bits per heavy atom. The molecule has 11 heavy (non-hydrogen) atoms. The van der Waals surface area contributed by atoms with Crippen molar-refractivity contribution in [3.05, 3.63) is 40.3 Å². The third kappa shape index (κ3) is 2.53. The predicted molar refractivity (Wildman–Crippen MR) is 46.5 cm³/mol. The van der Waals surface area contributed by atoms with Crippen LogP contribution in [-0.4, -0.2) is 0 Å². The highest BCUT2D eigenvalue weighted by molar-refractivity contribution is 7.80. The Morgan fingerprint density at radius 3 is 2.55 bits per heavy atom. The number of rotatable bonds is 2. The molecule has 0 amide bonds. The molecule has 0 aliphatic carbocycles. The van der Waals surface area contributed by atoms with Gasteiger partial charge in [-0.1, -0.05) is 17.2 Å². The van der Waals surface area contributed by atoms with Crippen LogP contribution in [0.25, 0.3) is 10.4 Å². The number of azide groups is 1. The number of nitrogens with zero attached hydrogens (tertiary/aromatic N) is 3. The third-order valence-corrected chi connectivity index (χ3v) is 1.55. The minimum absolute atomic E-state index is 0.407. The van der Waals surface area contributed by atoms with E-state index in [2.05, 4.69) is 22.7 Å². The molecule has 0 saturated heterocycles. The maximum Gasteiger partial charge on any atom is 0.0510 e. The van der Waals surface area contributed by atoms with Gasteiger partial charge in [0.05, 0.1) is 6.54 Å². The maximum atomic E-state index is 8.03. The van der Waals surface area contributed by atoms with E-state index in [1.165, 1.54) is 0 Å². The van der Waals surface area contributed by atoms with Gasteiger partial charge in [0.15, 0.2) is 0 Å². The molecular weight excluding hydrogens is 158 g/mol. The van der Waals surface area contributed by atoms with Gasteiger partial charge >= 0.3 is 0 Å². The summed E-state index contributed by atoms with van der Waals surface area (Å²) < 4.78 is 0. The molecule has 0 bridgehead atoms. The first-order chi connectivity index (χ1) is 5.33. The minimum atomic E-state index is 0.407. The highest BCUT2D eigenvalue weighted by Gasteiger charge is 1.88. The summed E-state index contributed by atoms with van der Waals surface area (Å²) in [5.74, 6) is 0. The van der Waals surface area contributed by atoms with Gasteiger partial charge in [-0.05, 0) is 23.2 Å². The van der Waals surface area contributed by atoms with E-state index in [0.717, 1.165) is 10.5 Å². The van der Waals surface area contributed by atoms with Crippen molar-refractivity contribution in [3.63, 3.8) is 0 Å². The van der Waals surface area contributed by atoms with Crippen LogP contribution in [0.1, 0.15) is 5.56 Å². The second-order valence-corrected chi connectivity index (χ2v) is 2.57. The molecular formula is C7H7N3S. The lowest BCUT2D eigenvalue weighted by Gasteiger charge is -1.94. The van der Waals surface area contributed by atoms with Gasteiger partial charge in [-0.15, -0.1) is 12.6 Å². The summed E-state index contributed by atoms with van der Waals surface area (Å²) in [7, 11) is 0. The molecule has 0 aliphatic rings. The largest absolute Gasteiger partial charge is 0.143 e. The lowest BCUT2D eigenvalue weighted by atomic mass is 10.2. The van der Waals surface area contributed by atoms with E-state index in [4.69, 9.17) is 5.53 Å². The predicted octanol–water partition coefficient (Wildman–Crippen LogP) is 2.79. The topological polar surface area (TPSA) is 48.8 Å². The van der Waals surface area contributed by atoms with Crippen LogP contribution in [0, 0.1) is 0 Å². The van der Waals surface area contributed by atoms with Gasteiger partial charge in [0, 0.05) is 9.81 Å². The van der Waals surface area contributed by atoms with Crippen molar-refractivity contribution in [3.8, 4) is 0 Å². The van der Waals surface area contributed by atoms with Gasteiger partial charge in [0.2, 0.25) is 0 Å². The average Bonchev–Trinajstić information content (AvgIpc) is 2.04. The molecule has 0 saturated carbocycles. The van der Waals surface area contributed by atoms with Gasteiger partial charge in [-0.3, -0.25) is 0 Å². The molecule has 0 unspecified atom stereocenters. The molecule has 4 heteroatoms. The molecule has 0 aromatic heterocycles. The molecule has 56 valence electrons. The monoisotopic (exact) mass is 165 g/mol. The zero-order valence-corrected chi connectivity index (χ0v) is 6.70. The Morgan fingerprint density at radius 2 is 2.00 bits per heavy atom. The van der Waals surface area contributed by atoms with Crippen LogP contribution in [0.4, 0.5) is 0 Å². The fourth-order valence-corrected chi connectivity index (χ4v) is 0.864. The standard InChI is InChI=1S/C7H7N3S/c8-10-9-5-6-1-3-7(11)4-2-6/h1-4,11H,5H2. The van der Waals surface area contributed by atoms with Crippen molar-refractivity contribution in [2.45, 2.75) is 11.4 Å². The minimum Gasteiger partial charge on any atom is -0.143 e. The van der Waals surface area contributed by atoms with E-state index < -0.39 is 0 Å². The highest BCUT2D eigenvalue weighted by Crippen LogP contribution is 2.08. The Labute approximate surface area is 70.1 Å². The maximum absolute atomic E-state index is 8.03. The quantitative estimate of drug-likeness (QED) is 0.303. The van der Waals surface area contributed by atoms with Crippen molar-refractivity contribution in [2.75, 3.05) is 0 Å². The number of hydrogen-bond acceptors (Lipinski definition) is 2. The first-order valence-corrected chi connectivity index (χ1v) is 3.56. The molecule has 0 aliphatic heterocycles. The number of hydrogen-bond donors (Lipinski definition) is 1. The smallest absolute Gasteiger partial charge is 0.0510 e. The van der Waals surface area contributed by atoms with Crippen LogP contribution in [0.2, 0.25) is 0 Å². The van der Waals surface area contributed by atoms with Crippen LogP contribution in [0.15, 0.2) is 34.3 Å². The summed E-state index contributed by atoms with van der Waals surface area (Å²) >= 11 is 4.12. The summed E-state index contributed by atoms with van der Waals surface area (Å²) in [6.07, 6.45) is 0. The molecule has 0 fully saturated rings. The number of thiol groups is 1. The van der Waals surface area contributed by atoms with Crippen molar-refractivity contribution >= 4 is 12.6 Å². The fraction of sp³-hybridized carbons (Fsp3) is 0.143. The van der Waals surface area contributed by atoms with Crippen LogP contribution in [0.5, 0.6) is 0 Å². The van der Waals surface area contributed by atoms with Crippen LogP contribution >= 0.6 is 12.6 Å². The second kappa shape index (κ2) is 3.91. The third-order valence-electron chi connectivity index (χ3n) is 1.25. The molecule has 0 N–H and O–H groups in total. The van der Waals surface area contributed by atoms with E-state index in [9.17, 15) is 0 Å². The van der Waals surface area contributed by atoms with Crippen LogP contribution in [0.3, 0.4) is 0 Å². The van der Waals surface area contributed by atoms with E-state index in [-0.39, 0.29) is 0 Å². The summed E-state index contributed by atoms with van der Waals surface area (Å²) in [6.45, 7) is 0.407. The Kier molecular flexibility index (Phi) is 2.83. The Balaban J connectivity index is 2.73. The first-order valence-electron chi connectivity index (χ1n) is 3.11.